The summed E-state index contributed by atoms with van der Waals surface area (Å²) >= 11 is 0. The van der Waals surface area contributed by atoms with Crippen molar-refractivity contribution in [1.82, 2.24) is 29.7 Å². The van der Waals surface area contributed by atoms with E-state index in [-0.39, 0.29) is 97.6 Å². The molecule has 2 saturated heterocycles. The SMILES string of the molecule is CCOc1nc(OC)c(CN2CC(C(c3ccccc3)c3ccccc3)N3CCN(C(=O)c4cccnc4)C[C@H]3C2)c(OCC(F)(F)F)n1.Cl.Cl.Cl. The molecule has 2 aromatic heterocycles. The number of aromatic nitrogens is 3. The van der Waals surface area contributed by atoms with E-state index in [0.29, 0.717) is 38.3 Å². The number of benzene rings is 2. The van der Waals surface area contributed by atoms with Gasteiger partial charge in [0.2, 0.25) is 11.8 Å². The van der Waals surface area contributed by atoms with Crippen molar-refractivity contribution in [3.05, 3.63) is 107 Å². The first-order valence-corrected chi connectivity index (χ1v) is 16.3. The first-order chi connectivity index (χ1) is 23.7. The predicted octanol–water partition coefficient (Wildman–Crippen LogP) is 6.33. The minimum atomic E-state index is -4.58. The second-order valence-corrected chi connectivity index (χ2v) is 12.1. The van der Waals surface area contributed by atoms with E-state index in [1.54, 1.807) is 31.5 Å². The second kappa shape index (κ2) is 19.3. The third-order valence-corrected chi connectivity index (χ3v) is 8.90. The van der Waals surface area contributed by atoms with Gasteiger partial charge in [0.15, 0.2) is 6.61 Å². The third-order valence-electron chi connectivity index (χ3n) is 8.90. The fourth-order valence-corrected chi connectivity index (χ4v) is 6.87. The number of alkyl halides is 3. The van der Waals surface area contributed by atoms with Crippen molar-refractivity contribution in [2.75, 3.05) is 53.0 Å². The number of fused-ring (bicyclic) bond motifs is 1. The lowest BCUT2D eigenvalue weighted by Crippen LogP contribution is -2.67. The molecule has 0 saturated carbocycles. The van der Waals surface area contributed by atoms with Crippen molar-refractivity contribution in [3.63, 3.8) is 0 Å². The fraction of sp³-hybridized carbons (Fsp3) is 0.389. The molecule has 2 aromatic carbocycles. The van der Waals surface area contributed by atoms with Gasteiger partial charge in [-0.05, 0) is 30.2 Å². The Morgan fingerprint density at radius 2 is 1.52 bits per heavy atom. The molecule has 2 aliphatic heterocycles. The highest BCUT2D eigenvalue weighted by atomic mass is 35.5. The van der Waals surface area contributed by atoms with Gasteiger partial charge in [-0.1, -0.05) is 60.7 Å². The summed E-state index contributed by atoms with van der Waals surface area (Å²) in [6.07, 6.45) is -1.37. The van der Waals surface area contributed by atoms with Crippen LogP contribution in [0.3, 0.4) is 0 Å². The fourth-order valence-electron chi connectivity index (χ4n) is 6.87. The Bertz CT molecular complexity index is 1660. The molecule has 0 bridgehead atoms. The van der Waals surface area contributed by atoms with Crippen LogP contribution >= 0.6 is 37.2 Å². The Labute approximate surface area is 319 Å². The quantitative estimate of drug-likeness (QED) is 0.173. The Morgan fingerprint density at radius 3 is 2.10 bits per heavy atom. The van der Waals surface area contributed by atoms with Crippen LogP contribution in [-0.2, 0) is 6.54 Å². The van der Waals surface area contributed by atoms with Crippen molar-refractivity contribution in [1.29, 1.82) is 0 Å². The highest BCUT2D eigenvalue weighted by Crippen LogP contribution is 2.38. The van der Waals surface area contributed by atoms with Crippen LogP contribution in [0.25, 0.3) is 0 Å². The Kier molecular flexibility index (Phi) is 15.8. The number of pyridine rings is 1. The lowest BCUT2D eigenvalue weighted by atomic mass is 9.81. The van der Waals surface area contributed by atoms with Crippen LogP contribution in [0.2, 0.25) is 0 Å². The maximum atomic E-state index is 13.6. The summed E-state index contributed by atoms with van der Waals surface area (Å²) in [5.41, 5.74) is 3.10. The summed E-state index contributed by atoms with van der Waals surface area (Å²) in [4.78, 5) is 32.8. The molecule has 2 aliphatic rings. The topological polar surface area (TPSA) is 93.2 Å². The highest BCUT2D eigenvalue weighted by Gasteiger charge is 2.43. The summed E-state index contributed by atoms with van der Waals surface area (Å²) in [5, 5.41) is 0. The molecule has 0 N–H and O–H groups in total. The van der Waals surface area contributed by atoms with Gasteiger partial charge in [-0.15, -0.1) is 37.2 Å². The Hall–Kier alpha value is -3.88. The van der Waals surface area contributed by atoms with E-state index < -0.39 is 12.8 Å². The summed E-state index contributed by atoms with van der Waals surface area (Å²) in [6, 6.07) is 23.8. The maximum Gasteiger partial charge on any atom is 0.422 e. The van der Waals surface area contributed by atoms with Crippen molar-refractivity contribution in [2.45, 2.75) is 37.6 Å². The minimum absolute atomic E-state index is 0. The summed E-state index contributed by atoms with van der Waals surface area (Å²) in [6.45, 7) is 3.31. The van der Waals surface area contributed by atoms with Gasteiger partial charge in [0.05, 0.1) is 24.8 Å². The number of amides is 1. The molecule has 2 fully saturated rings. The minimum Gasteiger partial charge on any atom is -0.481 e. The summed E-state index contributed by atoms with van der Waals surface area (Å²) in [5.74, 6) is -0.290. The van der Waals surface area contributed by atoms with E-state index in [0.717, 1.165) is 11.1 Å². The molecule has 6 rings (SSSR count). The molecule has 10 nitrogen and oxygen atoms in total. The summed E-state index contributed by atoms with van der Waals surface area (Å²) in [7, 11) is 1.40. The number of piperazine rings is 2. The predicted molar refractivity (Wildman–Crippen MR) is 197 cm³/mol. The van der Waals surface area contributed by atoms with Crippen molar-refractivity contribution < 1.29 is 32.2 Å². The number of ether oxygens (including phenoxy) is 3. The molecule has 16 heteroatoms. The molecular formula is C36H42Cl3F3N6O4. The second-order valence-electron chi connectivity index (χ2n) is 12.1. The molecule has 52 heavy (non-hydrogen) atoms. The van der Waals surface area contributed by atoms with Crippen LogP contribution < -0.4 is 14.2 Å². The van der Waals surface area contributed by atoms with E-state index in [1.807, 2.05) is 41.3 Å². The van der Waals surface area contributed by atoms with Gasteiger partial charge in [-0.25, -0.2) is 0 Å². The van der Waals surface area contributed by atoms with E-state index in [9.17, 15) is 18.0 Å². The third kappa shape index (κ3) is 10.2. The highest BCUT2D eigenvalue weighted by molar-refractivity contribution is 5.94. The zero-order valence-corrected chi connectivity index (χ0v) is 31.1. The van der Waals surface area contributed by atoms with Gasteiger partial charge in [-0.3, -0.25) is 19.6 Å². The first-order valence-electron chi connectivity index (χ1n) is 16.3. The number of rotatable bonds is 11. The van der Waals surface area contributed by atoms with E-state index >= 15 is 0 Å². The van der Waals surface area contributed by atoms with Crippen LogP contribution in [-0.4, -0.2) is 107 Å². The van der Waals surface area contributed by atoms with E-state index in [4.69, 9.17) is 14.2 Å². The zero-order valence-electron chi connectivity index (χ0n) is 28.6. The Balaban J connectivity index is 0.00000243. The molecule has 0 aliphatic carbocycles. The number of carbonyl (C=O) groups is 1. The van der Waals surface area contributed by atoms with Crippen LogP contribution in [0.4, 0.5) is 13.2 Å². The lowest BCUT2D eigenvalue weighted by molar-refractivity contribution is -0.154. The standard InChI is InChI=1S/C36H39F3N6O4.3ClH/c1-3-48-35-41-32(47-2)29(33(42-35)49-24-36(37,38)39)22-43-20-28-21-44(34(46)27-15-10-16-40-19-27)17-18-45(28)30(23-43)31(25-11-6-4-7-12-25)26-13-8-5-9-14-26;;;/h4-16,19,28,30-31H,3,17-18,20-24H2,1-2H3;3*1H/t28-,30?;;;/m1.../s1. The molecule has 282 valence electrons. The van der Waals surface area contributed by atoms with Gasteiger partial charge in [0.25, 0.3) is 5.91 Å². The van der Waals surface area contributed by atoms with Gasteiger partial charge in [-0.2, -0.15) is 23.1 Å². The molecule has 0 radical (unpaired) electrons. The van der Waals surface area contributed by atoms with Gasteiger partial charge in [0, 0.05) is 69.7 Å². The number of nitrogens with zero attached hydrogens (tertiary/aromatic N) is 6. The average molecular weight is 786 g/mol. The monoisotopic (exact) mass is 784 g/mol. The van der Waals surface area contributed by atoms with Gasteiger partial charge < -0.3 is 19.1 Å². The van der Waals surface area contributed by atoms with Crippen LogP contribution in [0.15, 0.2) is 85.2 Å². The van der Waals surface area contributed by atoms with E-state index in [2.05, 4.69) is 49.0 Å². The number of hydrogen-bond acceptors (Lipinski definition) is 9. The number of hydrogen-bond donors (Lipinski definition) is 0. The largest absolute Gasteiger partial charge is 0.481 e. The van der Waals surface area contributed by atoms with Crippen molar-refractivity contribution in [3.8, 4) is 17.8 Å². The lowest BCUT2D eigenvalue weighted by Gasteiger charge is -2.53. The molecule has 2 atom stereocenters. The van der Waals surface area contributed by atoms with Crippen LogP contribution in [0, 0.1) is 0 Å². The normalized spacial score (nSPS) is 17.5. The molecular weight excluding hydrogens is 744 g/mol. The smallest absolute Gasteiger partial charge is 0.422 e. The molecule has 4 heterocycles. The van der Waals surface area contributed by atoms with Crippen molar-refractivity contribution >= 4 is 43.1 Å². The van der Waals surface area contributed by atoms with Gasteiger partial charge >= 0.3 is 12.2 Å². The first kappa shape index (κ1) is 42.5. The van der Waals surface area contributed by atoms with Crippen LogP contribution in [0.5, 0.6) is 17.8 Å². The van der Waals surface area contributed by atoms with E-state index in [1.165, 1.54) is 7.11 Å². The van der Waals surface area contributed by atoms with Crippen LogP contribution in [0.1, 0.15) is 39.9 Å². The number of carbonyl (C=O) groups excluding carboxylic acids is 1. The maximum absolute atomic E-state index is 13.6. The average Bonchev–Trinajstić information content (AvgIpc) is 3.12. The zero-order chi connectivity index (χ0) is 34.4. The molecule has 0 spiro atoms. The molecule has 1 unspecified atom stereocenters. The Morgan fingerprint density at radius 1 is 0.865 bits per heavy atom. The van der Waals surface area contributed by atoms with Crippen molar-refractivity contribution in [2.24, 2.45) is 0 Å². The molecule has 4 aromatic rings. The molecule has 1 amide bonds. The van der Waals surface area contributed by atoms with Gasteiger partial charge in [0.1, 0.15) is 0 Å². The number of methoxy groups -OCH3 is 1. The summed E-state index contributed by atoms with van der Waals surface area (Å²) < 4.78 is 56.3. The number of halogens is 6.